The van der Waals surface area contributed by atoms with E-state index in [1.54, 1.807) is 6.92 Å². The zero-order chi connectivity index (χ0) is 15.7. The Morgan fingerprint density at radius 3 is 2.71 bits per heavy atom. The predicted octanol–water partition coefficient (Wildman–Crippen LogP) is 1.15. The van der Waals surface area contributed by atoms with Gasteiger partial charge in [-0.05, 0) is 25.8 Å². The van der Waals surface area contributed by atoms with Gasteiger partial charge in [0.2, 0.25) is 0 Å². The Hall–Kier alpha value is -1.43. The molecular weight excluding hydrogens is 270 g/mol. The molecule has 21 heavy (non-hydrogen) atoms. The first-order valence-corrected chi connectivity index (χ1v) is 7.23. The number of aryl methyl sites for hydroxylation is 1. The summed E-state index contributed by atoms with van der Waals surface area (Å²) in [5.41, 5.74) is 6.93. The number of benzene rings is 1. The number of carbonyl (C=O) groups is 1. The van der Waals surface area contributed by atoms with E-state index < -0.39 is 5.41 Å². The summed E-state index contributed by atoms with van der Waals surface area (Å²) in [5, 5.41) is 8.76. The molecule has 0 aliphatic rings. The zero-order valence-corrected chi connectivity index (χ0v) is 12.8. The molecule has 3 N–H and O–H groups in total. The van der Waals surface area contributed by atoms with Gasteiger partial charge >= 0.3 is 5.97 Å². The van der Waals surface area contributed by atoms with Crippen LogP contribution < -0.4 is 5.73 Å². The Kier molecular flexibility index (Phi) is 7.36. The molecule has 0 spiro atoms. The second kappa shape index (κ2) is 8.77. The van der Waals surface area contributed by atoms with Crippen molar-refractivity contribution in [2.45, 2.75) is 25.7 Å². The number of nitrogens with two attached hydrogens (primary N) is 1. The van der Waals surface area contributed by atoms with E-state index >= 15 is 0 Å². The van der Waals surface area contributed by atoms with Crippen LogP contribution >= 0.6 is 0 Å². The molecule has 0 saturated carbocycles. The summed E-state index contributed by atoms with van der Waals surface area (Å²) in [6, 6.07) is 7.72. The Morgan fingerprint density at radius 2 is 2.14 bits per heavy atom. The third kappa shape index (κ3) is 4.52. The van der Waals surface area contributed by atoms with Crippen LogP contribution in [-0.4, -0.2) is 44.0 Å². The molecule has 1 rings (SSSR count). The van der Waals surface area contributed by atoms with E-state index in [2.05, 4.69) is 0 Å². The van der Waals surface area contributed by atoms with E-state index in [0.717, 1.165) is 11.1 Å². The van der Waals surface area contributed by atoms with Crippen LogP contribution in [0.25, 0.3) is 0 Å². The summed E-state index contributed by atoms with van der Waals surface area (Å²) in [4.78, 5) is 12.5. The minimum atomic E-state index is -0.905. The molecule has 0 heterocycles. The van der Waals surface area contributed by atoms with E-state index in [0.29, 0.717) is 19.6 Å². The second-order valence-electron chi connectivity index (χ2n) is 4.96. The lowest BCUT2D eigenvalue weighted by molar-refractivity contribution is -0.150. The lowest BCUT2D eigenvalue weighted by atomic mass is 9.77. The van der Waals surface area contributed by atoms with Crippen LogP contribution in [0.3, 0.4) is 0 Å². The number of ether oxygens (including phenoxy) is 2. The highest BCUT2D eigenvalue weighted by atomic mass is 16.5. The fourth-order valence-corrected chi connectivity index (χ4v) is 2.29. The van der Waals surface area contributed by atoms with Crippen molar-refractivity contribution >= 4 is 5.97 Å². The highest BCUT2D eigenvalue weighted by Crippen LogP contribution is 2.29. The predicted molar refractivity (Wildman–Crippen MR) is 81.1 cm³/mol. The van der Waals surface area contributed by atoms with Gasteiger partial charge in [-0.3, -0.25) is 4.79 Å². The first-order chi connectivity index (χ1) is 10.1. The van der Waals surface area contributed by atoms with Crippen LogP contribution in [-0.2, 0) is 19.7 Å². The van der Waals surface area contributed by atoms with Crippen molar-refractivity contribution in [2.24, 2.45) is 5.73 Å². The Morgan fingerprint density at radius 1 is 1.38 bits per heavy atom. The number of carbonyl (C=O) groups excluding carboxylic acids is 1. The highest BCUT2D eigenvalue weighted by Gasteiger charge is 2.40. The SMILES string of the molecule is CCOC(=O)C(CN)(CCOCCO)c1cccc(C)c1. The van der Waals surface area contributed by atoms with E-state index in [4.69, 9.17) is 20.3 Å². The van der Waals surface area contributed by atoms with Gasteiger partial charge in [-0.15, -0.1) is 0 Å². The summed E-state index contributed by atoms with van der Waals surface area (Å²) in [7, 11) is 0. The van der Waals surface area contributed by atoms with Crippen LogP contribution in [0.5, 0.6) is 0 Å². The molecule has 0 amide bonds. The third-order valence-corrected chi connectivity index (χ3v) is 3.49. The zero-order valence-electron chi connectivity index (χ0n) is 12.8. The van der Waals surface area contributed by atoms with Gasteiger partial charge in [0.15, 0.2) is 0 Å². The minimum absolute atomic E-state index is 0.0422. The van der Waals surface area contributed by atoms with Crippen molar-refractivity contribution in [1.29, 1.82) is 0 Å². The van der Waals surface area contributed by atoms with Crippen LogP contribution in [0.15, 0.2) is 24.3 Å². The molecule has 0 saturated heterocycles. The first-order valence-electron chi connectivity index (χ1n) is 7.23. The average molecular weight is 295 g/mol. The fraction of sp³-hybridized carbons (Fsp3) is 0.562. The molecule has 0 aliphatic heterocycles. The lowest BCUT2D eigenvalue weighted by Gasteiger charge is -2.31. The quantitative estimate of drug-likeness (QED) is 0.527. The van der Waals surface area contributed by atoms with Crippen molar-refractivity contribution in [3.05, 3.63) is 35.4 Å². The summed E-state index contributed by atoms with van der Waals surface area (Å²) in [6.07, 6.45) is 0.422. The number of hydrogen-bond donors (Lipinski definition) is 2. The van der Waals surface area contributed by atoms with Gasteiger partial charge in [0.25, 0.3) is 0 Å². The Balaban J connectivity index is 3.04. The van der Waals surface area contributed by atoms with E-state index in [1.165, 1.54) is 0 Å². The molecule has 5 heteroatoms. The Labute approximate surface area is 126 Å². The fourth-order valence-electron chi connectivity index (χ4n) is 2.29. The summed E-state index contributed by atoms with van der Waals surface area (Å²) in [6.45, 7) is 4.75. The molecule has 0 fully saturated rings. The van der Waals surface area contributed by atoms with Gasteiger partial charge in [0.1, 0.15) is 5.41 Å². The van der Waals surface area contributed by atoms with E-state index in [1.807, 2.05) is 31.2 Å². The number of hydrogen-bond acceptors (Lipinski definition) is 5. The van der Waals surface area contributed by atoms with Gasteiger partial charge in [0, 0.05) is 13.2 Å². The van der Waals surface area contributed by atoms with E-state index in [9.17, 15) is 4.79 Å². The number of esters is 1. The van der Waals surface area contributed by atoms with Gasteiger partial charge in [-0.1, -0.05) is 29.8 Å². The van der Waals surface area contributed by atoms with Gasteiger partial charge in [-0.25, -0.2) is 0 Å². The normalized spacial score (nSPS) is 13.7. The molecule has 1 unspecified atom stereocenters. The highest BCUT2D eigenvalue weighted by molar-refractivity contribution is 5.83. The maximum atomic E-state index is 12.5. The molecule has 0 aliphatic carbocycles. The molecule has 5 nitrogen and oxygen atoms in total. The molecular formula is C16H25NO4. The molecule has 1 atom stereocenters. The molecule has 0 aromatic heterocycles. The molecule has 1 aromatic rings. The van der Waals surface area contributed by atoms with Crippen molar-refractivity contribution in [1.82, 2.24) is 0 Å². The van der Waals surface area contributed by atoms with Crippen molar-refractivity contribution in [3.63, 3.8) is 0 Å². The summed E-state index contributed by atoms with van der Waals surface area (Å²) >= 11 is 0. The Bertz CT molecular complexity index is 450. The monoisotopic (exact) mass is 295 g/mol. The minimum Gasteiger partial charge on any atom is -0.465 e. The molecule has 0 radical (unpaired) electrons. The second-order valence-corrected chi connectivity index (χ2v) is 4.96. The molecule has 118 valence electrons. The summed E-state index contributed by atoms with van der Waals surface area (Å²) < 4.78 is 10.5. The van der Waals surface area contributed by atoms with Gasteiger partial charge in [-0.2, -0.15) is 0 Å². The van der Waals surface area contributed by atoms with Crippen LogP contribution in [0.1, 0.15) is 24.5 Å². The van der Waals surface area contributed by atoms with Gasteiger partial charge in [0.05, 0.1) is 19.8 Å². The van der Waals surface area contributed by atoms with Crippen molar-refractivity contribution in [3.8, 4) is 0 Å². The molecule has 0 bridgehead atoms. The average Bonchev–Trinajstić information content (AvgIpc) is 2.48. The van der Waals surface area contributed by atoms with Crippen molar-refractivity contribution in [2.75, 3.05) is 33.0 Å². The number of aliphatic hydroxyl groups is 1. The van der Waals surface area contributed by atoms with Gasteiger partial charge < -0.3 is 20.3 Å². The largest absolute Gasteiger partial charge is 0.465 e. The molecule has 1 aromatic carbocycles. The van der Waals surface area contributed by atoms with E-state index in [-0.39, 0.29) is 25.7 Å². The van der Waals surface area contributed by atoms with Crippen LogP contribution in [0.2, 0.25) is 0 Å². The number of rotatable bonds is 9. The third-order valence-electron chi connectivity index (χ3n) is 3.49. The topological polar surface area (TPSA) is 81.8 Å². The maximum absolute atomic E-state index is 12.5. The van der Waals surface area contributed by atoms with Crippen LogP contribution in [0, 0.1) is 6.92 Å². The smallest absolute Gasteiger partial charge is 0.317 e. The first kappa shape index (κ1) is 17.6. The van der Waals surface area contributed by atoms with Crippen LogP contribution in [0.4, 0.5) is 0 Å². The number of aliphatic hydroxyl groups excluding tert-OH is 1. The standard InChI is InChI=1S/C16H25NO4/c1-3-21-15(19)16(12-17,7-9-20-10-8-18)14-6-4-5-13(2)11-14/h4-6,11,18H,3,7-10,12,17H2,1-2H3. The maximum Gasteiger partial charge on any atom is 0.317 e. The summed E-state index contributed by atoms with van der Waals surface area (Å²) in [5.74, 6) is -0.328. The lowest BCUT2D eigenvalue weighted by Crippen LogP contribution is -2.45. The van der Waals surface area contributed by atoms with Crippen molar-refractivity contribution < 1.29 is 19.4 Å².